The molecule has 0 atom stereocenters. The molecule has 0 aliphatic heterocycles. The summed E-state index contributed by atoms with van der Waals surface area (Å²) in [6.07, 6.45) is 6.91. The van der Waals surface area contributed by atoms with Crippen molar-refractivity contribution in [2.24, 2.45) is 0 Å². The molecule has 0 bridgehead atoms. The van der Waals surface area contributed by atoms with Gasteiger partial charge < -0.3 is 14.2 Å². The van der Waals surface area contributed by atoms with Crippen molar-refractivity contribution in [1.82, 2.24) is 20.8 Å². The van der Waals surface area contributed by atoms with E-state index >= 15 is 0 Å². The van der Waals surface area contributed by atoms with E-state index < -0.39 is 11.9 Å². The zero-order valence-corrected chi connectivity index (χ0v) is 14.7. The summed E-state index contributed by atoms with van der Waals surface area (Å²) in [5, 5.41) is 13.2. The third-order valence-corrected chi connectivity index (χ3v) is 4.83. The third kappa shape index (κ3) is 4.85. The molecule has 0 radical (unpaired) electrons. The highest BCUT2D eigenvalue weighted by Gasteiger charge is 2.18. The van der Waals surface area contributed by atoms with Crippen molar-refractivity contribution in [3.05, 3.63) is 18.1 Å². The number of nitrogens with zero attached hydrogens (tertiary/aromatic N) is 2. The van der Waals surface area contributed by atoms with E-state index in [4.69, 9.17) is 8.83 Å². The highest BCUT2D eigenvalue weighted by molar-refractivity contribution is 7.99. The first-order valence-electron chi connectivity index (χ1n) is 8.23. The highest BCUT2D eigenvalue weighted by atomic mass is 32.2. The summed E-state index contributed by atoms with van der Waals surface area (Å²) in [6.45, 7) is 1.80. The van der Waals surface area contributed by atoms with Crippen LogP contribution in [0.2, 0.25) is 0 Å². The fraction of sp³-hybridized carbons (Fsp3) is 0.500. The molecular weight excluding hydrogens is 344 g/mol. The van der Waals surface area contributed by atoms with Gasteiger partial charge in [-0.05, 0) is 25.8 Å². The Morgan fingerprint density at radius 3 is 2.80 bits per heavy atom. The molecule has 2 N–H and O–H groups in total. The summed E-state index contributed by atoms with van der Waals surface area (Å²) in [5.74, 6) is 0.628. The van der Waals surface area contributed by atoms with Crippen molar-refractivity contribution in [1.29, 1.82) is 0 Å². The average molecular weight is 364 g/mol. The standard InChI is InChI=1S/C16H20N4O4S/c1-10-12(7-8-23-10)14-19-20-16(24-14)25-9-13(21)18-15(22)17-11-5-3-2-4-6-11/h7-8,11H,2-6,9H2,1H3,(H2,17,18,21,22). The largest absolute Gasteiger partial charge is 0.469 e. The molecule has 9 heteroatoms. The number of urea groups is 1. The van der Waals surface area contributed by atoms with Gasteiger partial charge in [-0.15, -0.1) is 10.2 Å². The number of nitrogens with one attached hydrogen (secondary N) is 2. The number of thioether (sulfide) groups is 1. The minimum absolute atomic E-state index is 0.0179. The molecule has 0 spiro atoms. The van der Waals surface area contributed by atoms with Crippen LogP contribution in [0, 0.1) is 6.92 Å². The molecule has 3 amide bonds. The first kappa shape index (κ1) is 17.5. The first-order valence-corrected chi connectivity index (χ1v) is 9.21. The van der Waals surface area contributed by atoms with Crippen LogP contribution in [0.5, 0.6) is 0 Å². The second-order valence-electron chi connectivity index (χ2n) is 5.91. The Bertz CT molecular complexity index is 736. The maximum Gasteiger partial charge on any atom is 0.321 e. The number of aromatic nitrogens is 2. The van der Waals surface area contributed by atoms with E-state index in [1.165, 1.54) is 6.42 Å². The summed E-state index contributed by atoms with van der Waals surface area (Å²) in [5.41, 5.74) is 0.718. The van der Waals surface area contributed by atoms with Crippen LogP contribution in [-0.4, -0.2) is 33.9 Å². The first-order chi connectivity index (χ1) is 12.1. The fourth-order valence-corrected chi connectivity index (χ4v) is 3.31. The molecule has 0 aromatic carbocycles. The Labute approximate surface area is 149 Å². The summed E-state index contributed by atoms with van der Waals surface area (Å²) in [4.78, 5) is 23.7. The van der Waals surface area contributed by atoms with E-state index in [2.05, 4.69) is 20.8 Å². The molecule has 0 unspecified atom stereocenters. The third-order valence-electron chi connectivity index (χ3n) is 4.02. The maximum absolute atomic E-state index is 11.9. The normalized spacial score (nSPS) is 15.1. The minimum atomic E-state index is -0.447. The Kier molecular flexibility index (Phi) is 5.75. The van der Waals surface area contributed by atoms with E-state index in [1.54, 1.807) is 19.3 Å². The molecule has 25 heavy (non-hydrogen) atoms. The van der Waals surface area contributed by atoms with E-state index in [0.29, 0.717) is 11.7 Å². The van der Waals surface area contributed by atoms with Gasteiger partial charge in [-0.25, -0.2) is 4.79 Å². The monoisotopic (exact) mass is 364 g/mol. The lowest BCUT2D eigenvalue weighted by Gasteiger charge is -2.22. The summed E-state index contributed by atoms with van der Waals surface area (Å²) >= 11 is 1.08. The summed E-state index contributed by atoms with van der Waals surface area (Å²) in [6, 6.07) is 1.45. The zero-order chi connectivity index (χ0) is 17.6. The van der Waals surface area contributed by atoms with Gasteiger partial charge in [0.05, 0.1) is 17.6 Å². The molecule has 1 saturated carbocycles. The van der Waals surface area contributed by atoms with Crippen LogP contribution in [0.25, 0.3) is 11.5 Å². The predicted molar refractivity (Wildman–Crippen MR) is 91.0 cm³/mol. The average Bonchev–Trinajstić information content (AvgIpc) is 3.22. The maximum atomic E-state index is 11.9. The van der Waals surface area contributed by atoms with Crippen molar-refractivity contribution in [2.45, 2.75) is 50.3 Å². The quantitative estimate of drug-likeness (QED) is 0.785. The number of rotatable bonds is 5. The number of hydrogen-bond acceptors (Lipinski definition) is 7. The molecule has 1 aliphatic rings. The summed E-state index contributed by atoms with van der Waals surface area (Å²) in [7, 11) is 0. The molecule has 1 fully saturated rings. The predicted octanol–water partition coefficient (Wildman–Crippen LogP) is 2.89. The number of carbonyl (C=O) groups excluding carboxylic acids is 2. The van der Waals surface area contributed by atoms with Crippen LogP contribution >= 0.6 is 11.8 Å². The highest BCUT2D eigenvalue weighted by Crippen LogP contribution is 2.26. The molecule has 8 nitrogen and oxygen atoms in total. The molecule has 2 aromatic heterocycles. The topological polar surface area (TPSA) is 110 Å². The van der Waals surface area contributed by atoms with Crippen molar-refractivity contribution >= 4 is 23.7 Å². The number of amides is 3. The Morgan fingerprint density at radius 2 is 2.08 bits per heavy atom. The van der Waals surface area contributed by atoms with Gasteiger partial charge in [0.1, 0.15) is 5.76 Å². The van der Waals surface area contributed by atoms with Crippen LogP contribution < -0.4 is 10.6 Å². The zero-order valence-electron chi connectivity index (χ0n) is 13.9. The number of imide groups is 1. The number of aryl methyl sites for hydroxylation is 1. The van der Waals surface area contributed by atoms with Gasteiger partial charge in [0.25, 0.3) is 11.1 Å². The van der Waals surface area contributed by atoms with Crippen molar-refractivity contribution in [3.63, 3.8) is 0 Å². The van der Waals surface area contributed by atoms with Crippen LogP contribution in [0.3, 0.4) is 0 Å². The molecule has 2 heterocycles. The lowest BCUT2D eigenvalue weighted by Crippen LogP contribution is -2.45. The van der Waals surface area contributed by atoms with E-state index in [0.717, 1.165) is 43.0 Å². The number of carbonyl (C=O) groups is 2. The van der Waals surface area contributed by atoms with E-state index in [1.807, 2.05) is 0 Å². The van der Waals surface area contributed by atoms with Crippen molar-refractivity contribution in [2.75, 3.05) is 5.75 Å². The van der Waals surface area contributed by atoms with Gasteiger partial charge in [0.2, 0.25) is 5.91 Å². The van der Waals surface area contributed by atoms with Crippen LogP contribution in [0.1, 0.15) is 37.9 Å². The lowest BCUT2D eigenvalue weighted by atomic mass is 9.96. The molecule has 3 rings (SSSR count). The van der Waals surface area contributed by atoms with Crippen LogP contribution in [-0.2, 0) is 4.79 Å². The second kappa shape index (κ2) is 8.19. The van der Waals surface area contributed by atoms with Gasteiger partial charge in [0.15, 0.2) is 0 Å². The number of furan rings is 1. The molecule has 2 aromatic rings. The Morgan fingerprint density at radius 1 is 1.28 bits per heavy atom. The van der Waals surface area contributed by atoms with Gasteiger partial charge >= 0.3 is 6.03 Å². The molecule has 134 valence electrons. The van der Waals surface area contributed by atoms with E-state index in [-0.39, 0.29) is 17.0 Å². The fourth-order valence-electron chi connectivity index (χ4n) is 2.74. The lowest BCUT2D eigenvalue weighted by molar-refractivity contribution is -0.117. The minimum Gasteiger partial charge on any atom is -0.469 e. The molecular formula is C16H20N4O4S. The van der Waals surface area contributed by atoms with Gasteiger partial charge in [-0.3, -0.25) is 10.1 Å². The van der Waals surface area contributed by atoms with Crippen LogP contribution in [0.15, 0.2) is 26.4 Å². The smallest absolute Gasteiger partial charge is 0.321 e. The Balaban J connectivity index is 1.43. The van der Waals surface area contributed by atoms with Gasteiger partial charge in [-0.2, -0.15) is 0 Å². The Hall–Kier alpha value is -2.29. The van der Waals surface area contributed by atoms with Crippen molar-refractivity contribution < 1.29 is 18.4 Å². The van der Waals surface area contributed by atoms with Crippen LogP contribution in [0.4, 0.5) is 4.79 Å². The number of hydrogen-bond donors (Lipinski definition) is 2. The van der Waals surface area contributed by atoms with Gasteiger partial charge in [0, 0.05) is 6.04 Å². The summed E-state index contributed by atoms with van der Waals surface area (Å²) < 4.78 is 10.7. The molecule has 0 saturated heterocycles. The SMILES string of the molecule is Cc1occc1-c1nnc(SCC(=O)NC(=O)NC2CCCCC2)o1. The van der Waals surface area contributed by atoms with Gasteiger partial charge in [-0.1, -0.05) is 31.0 Å². The van der Waals surface area contributed by atoms with E-state index in [9.17, 15) is 9.59 Å². The second-order valence-corrected chi connectivity index (χ2v) is 6.84. The van der Waals surface area contributed by atoms with Crippen molar-refractivity contribution in [3.8, 4) is 11.5 Å². The molecule has 1 aliphatic carbocycles.